The molecule has 0 N–H and O–H groups in total. The third kappa shape index (κ3) is 5.02. The summed E-state index contributed by atoms with van der Waals surface area (Å²) in [6.45, 7) is 10.6. The zero-order valence-electron chi connectivity index (χ0n) is 19.4. The SMILES string of the molecule is CC(C)[C@H](c1nnnn1CCc1ccccc1)N1CCN(Cc2ccc3c(c2)OCO3)CC1. The summed E-state index contributed by atoms with van der Waals surface area (Å²) >= 11 is 0. The van der Waals surface area contributed by atoms with E-state index in [9.17, 15) is 0 Å². The van der Waals surface area contributed by atoms with Gasteiger partial charge in [-0.1, -0.05) is 50.2 Å². The molecule has 1 aromatic heterocycles. The van der Waals surface area contributed by atoms with Crippen LogP contribution in [0, 0.1) is 5.92 Å². The van der Waals surface area contributed by atoms with E-state index in [1.54, 1.807) is 0 Å². The third-order valence-corrected chi connectivity index (χ3v) is 6.55. The molecule has 5 rings (SSSR count). The van der Waals surface area contributed by atoms with Crippen LogP contribution in [0.2, 0.25) is 0 Å². The minimum absolute atomic E-state index is 0.212. The number of ether oxygens (including phenoxy) is 2. The largest absolute Gasteiger partial charge is 0.454 e. The Labute approximate surface area is 195 Å². The molecule has 2 aliphatic heterocycles. The van der Waals surface area contributed by atoms with Crippen molar-refractivity contribution in [3.05, 3.63) is 65.5 Å². The maximum Gasteiger partial charge on any atom is 0.231 e. The predicted octanol–water partition coefficient (Wildman–Crippen LogP) is 3.16. The number of aryl methyl sites for hydroxylation is 2. The Morgan fingerprint density at radius 1 is 0.909 bits per heavy atom. The van der Waals surface area contributed by atoms with Crippen molar-refractivity contribution in [2.45, 2.75) is 39.4 Å². The molecule has 0 bridgehead atoms. The lowest BCUT2D eigenvalue weighted by molar-refractivity contribution is 0.0661. The number of hydrogen-bond donors (Lipinski definition) is 0. The summed E-state index contributed by atoms with van der Waals surface area (Å²) in [6.07, 6.45) is 0.924. The van der Waals surface area contributed by atoms with Crippen molar-refractivity contribution >= 4 is 0 Å². The van der Waals surface area contributed by atoms with E-state index in [-0.39, 0.29) is 6.04 Å². The van der Waals surface area contributed by atoms with Crippen molar-refractivity contribution in [2.24, 2.45) is 5.92 Å². The molecule has 2 aliphatic rings. The number of benzene rings is 2. The molecule has 0 aliphatic carbocycles. The Kier molecular flexibility index (Phi) is 6.55. The zero-order chi connectivity index (χ0) is 22.6. The summed E-state index contributed by atoms with van der Waals surface area (Å²) in [5.41, 5.74) is 2.56. The third-order valence-electron chi connectivity index (χ3n) is 6.55. The van der Waals surface area contributed by atoms with Gasteiger partial charge in [-0.2, -0.15) is 0 Å². The van der Waals surface area contributed by atoms with E-state index in [4.69, 9.17) is 9.47 Å². The fourth-order valence-electron chi connectivity index (χ4n) is 4.84. The Morgan fingerprint density at radius 3 is 2.48 bits per heavy atom. The Morgan fingerprint density at radius 2 is 1.70 bits per heavy atom. The first-order chi connectivity index (χ1) is 16.2. The Bertz CT molecular complexity index is 1050. The van der Waals surface area contributed by atoms with Crippen molar-refractivity contribution in [1.29, 1.82) is 0 Å². The summed E-state index contributed by atoms with van der Waals surface area (Å²) in [4.78, 5) is 5.05. The maximum atomic E-state index is 5.53. The van der Waals surface area contributed by atoms with E-state index in [1.807, 2.05) is 16.8 Å². The first-order valence-corrected chi connectivity index (χ1v) is 11.8. The number of rotatable bonds is 8. The molecule has 3 heterocycles. The van der Waals surface area contributed by atoms with Crippen LogP contribution in [0.1, 0.15) is 36.8 Å². The van der Waals surface area contributed by atoms with Crippen LogP contribution >= 0.6 is 0 Å². The van der Waals surface area contributed by atoms with E-state index >= 15 is 0 Å². The molecule has 0 spiro atoms. The molecule has 33 heavy (non-hydrogen) atoms. The molecular weight excluding hydrogens is 416 g/mol. The van der Waals surface area contributed by atoms with Crippen LogP contribution in [-0.2, 0) is 19.5 Å². The van der Waals surface area contributed by atoms with E-state index in [2.05, 4.69) is 75.6 Å². The van der Waals surface area contributed by atoms with E-state index in [0.29, 0.717) is 12.7 Å². The minimum atomic E-state index is 0.212. The van der Waals surface area contributed by atoms with Gasteiger partial charge >= 0.3 is 0 Å². The smallest absolute Gasteiger partial charge is 0.231 e. The first kappa shape index (κ1) is 21.9. The number of tetrazole rings is 1. The van der Waals surface area contributed by atoms with Crippen LogP contribution in [0.4, 0.5) is 0 Å². The van der Waals surface area contributed by atoms with Crippen LogP contribution in [0.15, 0.2) is 48.5 Å². The highest BCUT2D eigenvalue weighted by atomic mass is 16.7. The van der Waals surface area contributed by atoms with Crippen LogP contribution in [0.5, 0.6) is 11.5 Å². The second kappa shape index (κ2) is 9.89. The lowest BCUT2D eigenvalue weighted by Gasteiger charge is -2.40. The van der Waals surface area contributed by atoms with Gasteiger partial charge < -0.3 is 9.47 Å². The summed E-state index contributed by atoms with van der Waals surface area (Å²) in [5.74, 6) is 3.10. The quantitative estimate of drug-likeness (QED) is 0.524. The number of nitrogens with zero attached hydrogens (tertiary/aromatic N) is 6. The van der Waals surface area contributed by atoms with Crippen molar-refractivity contribution in [3.63, 3.8) is 0 Å². The lowest BCUT2D eigenvalue weighted by Crippen LogP contribution is -2.48. The minimum Gasteiger partial charge on any atom is -0.454 e. The van der Waals surface area contributed by atoms with Crippen LogP contribution < -0.4 is 9.47 Å². The van der Waals surface area contributed by atoms with Gasteiger partial charge in [0.05, 0.1) is 6.04 Å². The Balaban J connectivity index is 1.21. The van der Waals surface area contributed by atoms with Gasteiger partial charge in [0.25, 0.3) is 0 Å². The predicted molar refractivity (Wildman–Crippen MR) is 125 cm³/mol. The molecule has 2 aromatic carbocycles. The van der Waals surface area contributed by atoms with E-state index in [0.717, 1.165) is 63.0 Å². The highest BCUT2D eigenvalue weighted by Gasteiger charge is 2.31. The molecule has 1 atom stereocenters. The normalized spacial score (nSPS) is 17.5. The average molecular weight is 449 g/mol. The van der Waals surface area contributed by atoms with E-state index in [1.165, 1.54) is 11.1 Å². The van der Waals surface area contributed by atoms with Crippen LogP contribution in [-0.4, -0.2) is 63.0 Å². The molecule has 1 saturated heterocycles. The van der Waals surface area contributed by atoms with Crippen molar-refractivity contribution < 1.29 is 9.47 Å². The zero-order valence-corrected chi connectivity index (χ0v) is 19.4. The second-order valence-corrected chi connectivity index (χ2v) is 9.18. The van der Waals surface area contributed by atoms with Crippen molar-refractivity contribution in [2.75, 3.05) is 33.0 Å². The molecule has 174 valence electrons. The second-order valence-electron chi connectivity index (χ2n) is 9.18. The number of hydrogen-bond acceptors (Lipinski definition) is 7. The van der Waals surface area contributed by atoms with Gasteiger partial charge in [0.1, 0.15) is 0 Å². The molecule has 0 saturated carbocycles. The summed E-state index contributed by atoms with van der Waals surface area (Å²) in [7, 11) is 0. The molecule has 8 nitrogen and oxygen atoms in total. The van der Waals surface area contributed by atoms with Crippen molar-refractivity contribution in [3.8, 4) is 11.5 Å². The van der Waals surface area contributed by atoms with Gasteiger partial charge in [0.15, 0.2) is 17.3 Å². The Hall–Kier alpha value is -2.97. The van der Waals surface area contributed by atoms with Crippen LogP contribution in [0.3, 0.4) is 0 Å². The highest BCUT2D eigenvalue weighted by Crippen LogP contribution is 2.33. The standard InChI is InChI=1S/C25H32N6O2/c1-19(2)24(25-26-27-28-31(25)11-10-20-6-4-3-5-7-20)30-14-12-29(13-15-30)17-21-8-9-22-23(16-21)33-18-32-22/h3-9,16,19,24H,10-15,17-18H2,1-2H3/t24-/m1/s1. The maximum absolute atomic E-state index is 5.53. The van der Waals surface area contributed by atoms with Gasteiger partial charge in [-0.25, -0.2) is 4.68 Å². The summed E-state index contributed by atoms with van der Waals surface area (Å²) in [5, 5.41) is 12.8. The number of piperazine rings is 1. The first-order valence-electron chi connectivity index (χ1n) is 11.8. The fraction of sp³-hybridized carbons (Fsp3) is 0.480. The lowest BCUT2D eigenvalue weighted by atomic mass is 10.0. The molecule has 0 radical (unpaired) electrons. The van der Waals surface area contributed by atoms with Crippen molar-refractivity contribution in [1.82, 2.24) is 30.0 Å². The molecule has 8 heteroatoms. The van der Waals surface area contributed by atoms with Gasteiger partial charge in [-0.3, -0.25) is 9.80 Å². The molecule has 3 aromatic rings. The molecular formula is C25H32N6O2. The van der Waals surface area contributed by atoms with Gasteiger partial charge in [0.2, 0.25) is 6.79 Å². The molecule has 0 unspecified atom stereocenters. The average Bonchev–Trinajstić information content (AvgIpc) is 3.49. The van der Waals surface area contributed by atoms with Gasteiger partial charge in [-0.15, -0.1) is 5.10 Å². The van der Waals surface area contributed by atoms with Gasteiger partial charge in [0, 0.05) is 39.3 Å². The molecule has 0 amide bonds. The monoisotopic (exact) mass is 448 g/mol. The summed E-state index contributed by atoms with van der Waals surface area (Å²) in [6, 6.07) is 17.0. The van der Waals surface area contributed by atoms with E-state index < -0.39 is 0 Å². The summed E-state index contributed by atoms with van der Waals surface area (Å²) < 4.78 is 13.0. The number of aromatic nitrogens is 4. The topological polar surface area (TPSA) is 68.5 Å². The fourth-order valence-corrected chi connectivity index (χ4v) is 4.84. The van der Waals surface area contributed by atoms with Gasteiger partial charge in [-0.05, 0) is 46.0 Å². The molecule has 1 fully saturated rings. The van der Waals surface area contributed by atoms with Crippen LogP contribution in [0.25, 0.3) is 0 Å². The number of fused-ring (bicyclic) bond motifs is 1. The highest BCUT2D eigenvalue weighted by molar-refractivity contribution is 5.44.